The van der Waals surface area contributed by atoms with Crippen LogP contribution in [0, 0.1) is 11.7 Å². The lowest BCUT2D eigenvalue weighted by Crippen LogP contribution is -2.55. The molecule has 1 heterocycles. The molecule has 5 nitrogen and oxygen atoms in total. The molecule has 2 atom stereocenters. The molecule has 1 aliphatic heterocycles. The zero-order valence-corrected chi connectivity index (χ0v) is 19.1. The summed E-state index contributed by atoms with van der Waals surface area (Å²) < 4.78 is 60.4. The fraction of sp³-hybridized carbons (Fsp3) is 0.259. The van der Waals surface area contributed by atoms with Crippen molar-refractivity contribution in [3.8, 4) is 5.75 Å². The van der Waals surface area contributed by atoms with Crippen molar-refractivity contribution in [1.29, 1.82) is 0 Å². The summed E-state index contributed by atoms with van der Waals surface area (Å²) in [6.45, 7) is -1.29. The quantitative estimate of drug-likeness (QED) is 0.205. The molecule has 1 saturated heterocycles. The first-order valence-electron chi connectivity index (χ1n) is 11.3. The Morgan fingerprint density at radius 2 is 1.58 bits per heavy atom. The van der Waals surface area contributed by atoms with Crippen molar-refractivity contribution in [2.75, 3.05) is 11.5 Å². The van der Waals surface area contributed by atoms with Gasteiger partial charge in [-0.15, -0.1) is 0 Å². The zero-order valence-electron chi connectivity index (χ0n) is 19.1. The summed E-state index contributed by atoms with van der Waals surface area (Å²) in [6.07, 6.45) is -4.93. The van der Waals surface area contributed by atoms with Gasteiger partial charge in [0.25, 0.3) is 0 Å². The number of hydrogen-bond acceptors (Lipinski definition) is 4. The van der Waals surface area contributed by atoms with Gasteiger partial charge in [-0.1, -0.05) is 42.5 Å². The van der Waals surface area contributed by atoms with Gasteiger partial charge in [0, 0.05) is 12.1 Å². The molecule has 1 amide bonds. The molecule has 3 aromatic rings. The van der Waals surface area contributed by atoms with Gasteiger partial charge in [-0.2, -0.15) is 13.2 Å². The van der Waals surface area contributed by atoms with Gasteiger partial charge in [0.2, 0.25) is 5.91 Å². The van der Waals surface area contributed by atoms with E-state index < -0.39 is 36.5 Å². The molecule has 9 heteroatoms. The van der Waals surface area contributed by atoms with Gasteiger partial charge >= 0.3 is 12.1 Å². The summed E-state index contributed by atoms with van der Waals surface area (Å²) in [7, 11) is 0. The van der Waals surface area contributed by atoms with Crippen LogP contribution in [-0.4, -0.2) is 24.7 Å². The number of hydrogen-bond donors (Lipinski definition) is 0. The van der Waals surface area contributed by atoms with Crippen LogP contribution < -0.4 is 9.64 Å². The molecule has 1 aliphatic rings. The summed E-state index contributed by atoms with van der Waals surface area (Å²) in [5, 5.41) is 0. The predicted octanol–water partition coefficient (Wildman–Crippen LogP) is 5.99. The minimum atomic E-state index is -4.62. The largest absolute Gasteiger partial charge is 0.489 e. The topological polar surface area (TPSA) is 55.8 Å². The Morgan fingerprint density at radius 1 is 0.917 bits per heavy atom. The maximum absolute atomic E-state index is 13.4. The summed E-state index contributed by atoms with van der Waals surface area (Å²) >= 11 is 0. The molecule has 2 unspecified atom stereocenters. The van der Waals surface area contributed by atoms with Crippen molar-refractivity contribution in [2.45, 2.75) is 31.7 Å². The van der Waals surface area contributed by atoms with E-state index in [0.29, 0.717) is 18.0 Å². The molecular weight excluding hydrogens is 478 g/mol. The lowest BCUT2D eigenvalue weighted by molar-refractivity contribution is -0.186. The highest BCUT2D eigenvalue weighted by Crippen LogP contribution is 2.46. The molecule has 3 aromatic carbocycles. The number of anilines is 1. The summed E-state index contributed by atoms with van der Waals surface area (Å²) in [6, 6.07) is 21.7. The second-order valence-corrected chi connectivity index (χ2v) is 8.39. The number of ether oxygens (including phenoxy) is 2. The molecule has 1 fully saturated rings. The summed E-state index contributed by atoms with van der Waals surface area (Å²) in [4.78, 5) is 26.3. The number of carbonyl (C=O) groups excluding carboxylic acids is 2. The van der Waals surface area contributed by atoms with Gasteiger partial charge < -0.3 is 14.4 Å². The number of esters is 1. The maximum Gasteiger partial charge on any atom is 0.422 e. The van der Waals surface area contributed by atoms with Crippen molar-refractivity contribution < 1.29 is 36.6 Å². The number of β-lactam (4-membered cyclic amide) rings is 1. The van der Waals surface area contributed by atoms with E-state index in [1.807, 2.05) is 30.3 Å². The van der Waals surface area contributed by atoms with Crippen LogP contribution in [0.3, 0.4) is 0 Å². The number of carbonyl (C=O) groups is 2. The number of alkyl halides is 3. The van der Waals surface area contributed by atoms with E-state index >= 15 is 0 Å². The first-order chi connectivity index (χ1) is 17.2. The molecule has 0 aromatic heterocycles. The second kappa shape index (κ2) is 10.8. The Hall–Kier alpha value is -3.88. The van der Waals surface area contributed by atoms with Crippen molar-refractivity contribution >= 4 is 17.6 Å². The lowest BCUT2D eigenvalue weighted by atomic mass is 9.79. The lowest BCUT2D eigenvalue weighted by Gasteiger charge is -2.47. The molecule has 0 radical (unpaired) electrons. The molecule has 0 bridgehead atoms. The first-order valence-corrected chi connectivity index (χ1v) is 11.3. The standard InChI is InChI=1S/C27H23F4NO4/c28-20-8-10-21(11-9-20)32-25(23(26(32)34)14-15-24(33)36-17-27(29,30)31)19-6-12-22(13-7-19)35-16-18-4-2-1-3-5-18/h1-13,23,25H,14-17H2. The highest BCUT2D eigenvalue weighted by Gasteiger charge is 2.48. The average molecular weight is 501 g/mol. The van der Waals surface area contributed by atoms with E-state index in [2.05, 4.69) is 4.74 Å². The van der Waals surface area contributed by atoms with Gasteiger partial charge in [-0.05, 0) is 53.9 Å². The van der Waals surface area contributed by atoms with E-state index in [9.17, 15) is 27.2 Å². The summed E-state index contributed by atoms with van der Waals surface area (Å²) in [5.41, 5.74) is 2.23. The number of halogens is 4. The molecule has 0 aliphatic carbocycles. The first kappa shape index (κ1) is 25.2. The molecule has 36 heavy (non-hydrogen) atoms. The van der Waals surface area contributed by atoms with Gasteiger partial charge in [0.1, 0.15) is 18.2 Å². The second-order valence-electron chi connectivity index (χ2n) is 8.39. The van der Waals surface area contributed by atoms with Crippen LogP contribution in [0.1, 0.15) is 30.0 Å². The van der Waals surface area contributed by atoms with E-state index in [0.717, 1.165) is 11.1 Å². The van der Waals surface area contributed by atoms with Gasteiger partial charge in [0.15, 0.2) is 6.61 Å². The van der Waals surface area contributed by atoms with Crippen LogP contribution in [-0.2, 0) is 20.9 Å². The highest BCUT2D eigenvalue weighted by atomic mass is 19.4. The van der Waals surface area contributed by atoms with E-state index in [-0.39, 0.29) is 18.7 Å². The fourth-order valence-electron chi connectivity index (χ4n) is 4.11. The van der Waals surface area contributed by atoms with Gasteiger partial charge in [0.05, 0.1) is 12.0 Å². The van der Waals surface area contributed by atoms with Crippen molar-refractivity contribution in [1.82, 2.24) is 0 Å². The summed E-state index contributed by atoms with van der Waals surface area (Å²) in [5.74, 6) is -1.81. The van der Waals surface area contributed by atoms with Crippen LogP contribution in [0.2, 0.25) is 0 Å². The Balaban J connectivity index is 1.47. The maximum atomic E-state index is 13.4. The monoisotopic (exact) mass is 501 g/mol. The van der Waals surface area contributed by atoms with Crippen molar-refractivity contribution in [2.24, 2.45) is 5.92 Å². The normalized spacial score (nSPS) is 17.4. The Labute approximate surface area is 205 Å². The third kappa shape index (κ3) is 6.21. The van der Waals surface area contributed by atoms with Crippen LogP contribution in [0.5, 0.6) is 5.75 Å². The van der Waals surface area contributed by atoms with Crippen LogP contribution in [0.25, 0.3) is 0 Å². The molecule has 188 valence electrons. The predicted molar refractivity (Wildman–Crippen MR) is 124 cm³/mol. The van der Waals surface area contributed by atoms with Gasteiger partial charge in [-0.25, -0.2) is 4.39 Å². The van der Waals surface area contributed by atoms with Crippen LogP contribution >= 0.6 is 0 Å². The third-order valence-corrected chi connectivity index (χ3v) is 5.84. The third-order valence-electron chi connectivity index (χ3n) is 5.84. The SMILES string of the molecule is O=C(CCC1C(=O)N(c2ccc(F)cc2)C1c1ccc(OCc2ccccc2)cc1)OCC(F)(F)F. The van der Waals surface area contributed by atoms with Crippen molar-refractivity contribution in [3.05, 3.63) is 95.8 Å². The van der Waals surface area contributed by atoms with E-state index in [4.69, 9.17) is 4.74 Å². The highest BCUT2D eigenvalue weighted by molar-refractivity contribution is 6.03. The Bertz CT molecular complexity index is 1180. The zero-order chi connectivity index (χ0) is 25.7. The minimum absolute atomic E-state index is 0.0180. The fourth-order valence-corrected chi connectivity index (χ4v) is 4.11. The van der Waals surface area contributed by atoms with Gasteiger partial charge in [-0.3, -0.25) is 9.59 Å². The molecular formula is C27H23F4NO4. The molecule has 0 spiro atoms. The minimum Gasteiger partial charge on any atom is -0.489 e. The van der Waals surface area contributed by atoms with Crippen LogP contribution in [0.4, 0.5) is 23.2 Å². The average Bonchev–Trinajstić information content (AvgIpc) is 2.86. The number of amides is 1. The molecule has 0 saturated carbocycles. The Kier molecular flexibility index (Phi) is 7.57. The Morgan fingerprint density at radius 3 is 2.22 bits per heavy atom. The number of rotatable bonds is 9. The van der Waals surface area contributed by atoms with E-state index in [1.165, 1.54) is 29.2 Å². The number of nitrogens with zero attached hydrogens (tertiary/aromatic N) is 1. The molecule has 0 N–H and O–H groups in total. The van der Waals surface area contributed by atoms with Crippen molar-refractivity contribution in [3.63, 3.8) is 0 Å². The van der Waals surface area contributed by atoms with Crippen LogP contribution in [0.15, 0.2) is 78.9 Å². The van der Waals surface area contributed by atoms with E-state index in [1.54, 1.807) is 24.3 Å². The number of benzene rings is 3. The molecule has 4 rings (SSSR count). The smallest absolute Gasteiger partial charge is 0.422 e.